The van der Waals surface area contributed by atoms with Crippen LogP contribution in [0.3, 0.4) is 0 Å². The first kappa shape index (κ1) is 26.1. The normalized spacial score (nSPS) is 13.1. The summed E-state index contributed by atoms with van der Waals surface area (Å²) < 4.78 is 0. The van der Waals surface area contributed by atoms with Crippen LogP contribution in [0.5, 0.6) is 0 Å². The van der Waals surface area contributed by atoms with Crippen molar-refractivity contribution in [2.24, 2.45) is 0 Å². The maximum atomic E-state index is 2.48. The summed E-state index contributed by atoms with van der Waals surface area (Å²) in [6.45, 7) is 33.4. The Morgan fingerprint density at radius 1 is 0.645 bits per heavy atom. The fourth-order valence-corrected chi connectivity index (χ4v) is 9.59. The molecule has 31 heavy (non-hydrogen) atoms. The Bertz CT molecular complexity index is 932. The molecule has 0 spiro atoms. The Morgan fingerprint density at radius 3 is 1.55 bits per heavy atom. The molecule has 0 fully saturated rings. The minimum Gasteiger partial charge on any atom is -0.0633 e. The highest BCUT2D eigenvalue weighted by atomic mass is 31.1. The van der Waals surface area contributed by atoms with Crippen molar-refractivity contribution in [1.82, 2.24) is 0 Å². The quantitative estimate of drug-likeness (QED) is 0.417. The number of rotatable bonds is 4. The first-order valence-corrected chi connectivity index (χ1v) is 13.4. The van der Waals surface area contributed by atoms with Crippen LogP contribution in [0.1, 0.15) is 114 Å². The molecule has 2 aromatic rings. The van der Waals surface area contributed by atoms with E-state index in [0.29, 0.717) is 11.8 Å². The average Bonchev–Trinajstić information content (AvgIpc) is 2.62. The van der Waals surface area contributed by atoms with Crippen LogP contribution in [0.2, 0.25) is 0 Å². The molecule has 0 heterocycles. The van der Waals surface area contributed by atoms with E-state index in [-0.39, 0.29) is 10.3 Å². The maximum absolute atomic E-state index is 2.48. The van der Waals surface area contributed by atoms with Gasteiger partial charge in [-0.05, 0) is 99.7 Å². The van der Waals surface area contributed by atoms with E-state index < -0.39 is 7.92 Å². The van der Waals surface area contributed by atoms with Gasteiger partial charge in [0, 0.05) is 0 Å². The molecule has 0 radical (unpaired) electrons. The zero-order valence-electron chi connectivity index (χ0n) is 22.8. The molecule has 1 heteroatoms. The maximum Gasteiger partial charge on any atom is -0.00689 e. The van der Waals surface area contributed by atoms with Crippen LogP contribution in [-0.4, -0.2) is 10.3 Å². The Morgan fingerprint density at radius 2 is 1.13 bits per heavy atom. The van der Waals surface area contributed by atoms with Gasteiger partial charge in [0.15, 0.2) is 0 Å². The van der Waals surface area contributed by atoms with Gasteiger partial charge in [-0.2, -0.15) is 0 Å². The van der Waals surface area contributed by atoms with E-state index in [1.165, 1.54) is 44.5 Å². The van der Waals surface area contributed by atoms with Crippen LogP contribution >= 0.6 is 7.92 Å². The van der Waals surface area contributed by atoms with Crippen molar-refractivity contribution < 1.29 is 0 Å². The second-order valence-electron chi connectivity index (χ2n) is 12.1. The van der Waals surface area contributed by atoms with Crippen molar-refractivity contribution in [1.29, 1.82) is 0 Å². The molecule has 0 atom stereocenters. The fraction of sp³-hybridized carbons (Fsp3) is 0.600. The molecule has 172 valence electrons. The van der Waals surface area contributed by atoms with Crippen LogP contribution in [-0.2, 0) is 0 Å². The van der Waals surface area contributed by atoms with Crippen LogP contribution in [0.15, 0.2) is 18.2 Å². The third kappa shape index (κ3) is 5.11. The molecule has 0 aliphatic rings. The van der Waals surface area contributed by atoms with E-state index in [1.807, 2.05) is 0 Å². The predicted molar refractivity (Wildman–Crippen MR) is 145 cm³/mol. The third-order valence-corrected chi connectivity index (χ3v) is 10.5. The van der Waals surface area contributed by atoms with Gasteiger partial charge in [0.2, 0.25) is 0 Å². The topological polar surface area (TPSA) is 0 Å². The highest BCUT2D eigenvalue weighted by molar-refractivity contribution is 7.69. The highest BCUT2D eigenvalue weighted by Gasteiger charge is 2.39. The Labute approximate surface area is 195 Å². The van der Waals surface area contributed by atoms with Crippen molar-refractivity contribution in [2.45, 2.75) is 119 Å². The molecule has 0 unspecified atom stereocenters. The van der Waals surface area contributed by atoms with Crippen LogP contribution < -0.4 is 5.30 Å². The molecular formula is C30H47P. The zero-order chi connectivity index (χ0) is 24.0. The van der Waals surface area contributed by atoms with Gasteiger partial charge in [-0.1, -0.05) is 95.4 Å². The van der Waals surface area contributed by atoms with Crippen molar-refractivity contribution in [3.63, 3.8) is 0 Å². The van der Waals surface area contributed by atoms with E-state index in [1.54, 1.807) is 5.30 Å². The average molecular weight is 439 g/mol. The first-order valence-electron chi connectivity index (χ1n) is 12.0. The summed E-state index contributed by atoms with van der Waals surface area (Å²) in [5.74, 6) is 1.05. The summed E-state index contributed by atoms with van der Waals surface area (Å²) in [7, 11) is -0.400. The number of hydrogen-bond acceptors (Lipinski definition) is 0. The lowest BCUT2D eigenvalue weighted by molar-refractivity contribution is 0.714. The summed E-state index contributed by atoms with van der Waals surface area (Å²) >= 11 is 0. The molecule has 0 saturated carbocycles. The molecule has 0 N–H and O–H groups in total. The van der Waals surface area contributed by atoms with Gasteiger partial charge in [-0.3, -0.25) is 0 Å². The Kier molecular flexibility index (Phi) is 7.60. The van der Waals surface area contributed by atoms with E-state index in [2.05, 4.69) is 115 Å². The van der Waals surface area contributed by atoms with Crippen molar-refractivity contribution >= 4 is 13.2 Å². The second kappa shape index (κ2) is 9.02. The van der Waals surface area contributed by atoms with Crippen LogP contribution in [0.4, 0.5) is 0 Å². The van der Waals surface area contributed by atoms with E-state index in [9.17, 15) is 0 Å². The standard InChI is InChI=1S/C30H47P/c1-18(2)24-15-16-25(26(17-24)19(3)4)27-22(7)20(5)21(6)23(8)28(27)31(29(9,10)11)30(12,13)14/h15-19H,1-14H3. The molecule has 0 aliphatic heterocycles. The second-order valence-corrected chi connectivity index (χ2v) is 15.9. The summed E-state index contributed by atoms with van der Waals surface area (Å²) in [6.07, 6.45) is 0. The molecule has 0 nitrogen and oxygen atoms in total. The predicted octanol–water partition coefficient (Wildman–Crippen LogP) is 9.54. The fourth-order valence-electron chi connectivity index (χ4n) is 5.22. The SMILES string of the molecule is Cc1c(C)c(C)c(P(C(C)(C)C)C(C)(C)C)c(-c2ccc(C(C)C)cc2C(C)C)c1C. The third-order valence-electron chi connectivity index (χ3n) is 6.85. The minimum atomic E-state index is -0.400. The van der Waals surface area contributed by atoms with E-state index in [0.717, 1.165) is 0 Å². The van der Waals surface area contributed by atoms with Gasteiger partial charge >= 0.3 is 0 Å². The largest absolute Gasteiger partial charge is 0.0633 e. The molecule has 2 rings (SSSR count). The molecule has 0 bridgehead atoms. The summed E-state index contributed by atoms with van der Waals surface area (Å²) in [4.78, 5) is 0. The Balaban J connectivity index is 3.09. The Hall–Kier alpha value is -1.13. The van der Waals surface area contributed by atoms with Gasteiger partial charge in [0.25, 0.3) is 0 Å². The molecule has 2 aromatic carbocycles. The highest BCUT2D eigenvalue weighted by Crippen LogP contribution is 2.61. The lowest BCUT2D eigenvalue weighted by Crippen LogP contribution is -2.34. The van der Waals surface area contributed by atoms with Crippen molar-refractivity contribution in [2.75, 3.05) is 0 Å². The number of hydrogen-bond donors (Lipinski definition) is 0. The monoisotopic (exact) mass is 438 g/mol. The summed E-state index contributed by atoms with van der Waals surface area (Å²) in [6, 6.07) is 7.29. The van der Waals surface area contributed by atoms with Gasteiger partial charge in [-0.15, -0.1) is 0 Å². The molecule has 0 aliphatic carbocycles. The summed E-state index contributed by atoms with van der Waals surface area (Å²) in [5.41, 5.74) is 11.8. The molecule has 0 aromatic heterocycles. The van der Waals surface area contributed by atoms with Gasteiger partial charge in [0.1, 0.15) is 0 Å². The molecular weight excluding hydrogens is 391 g/mol. The zero-order valence-corrected chi connectivity index (χ0v) is 23.7. The summed E-state index contributed by atoms with van der Waals surface area (Å²) in [5, 5.41) is 2.10. The van der Waals surface area contributed by atoms with E-state index in [4.69, 9.17) is 0 Å². The minimum absolute atomic E-state index is 0.233. The first-order chi connectivity index (χ1) is 14.0. The van der Waals surface area contributed by atoms with Crippen molar-refractivity contribution in [3.05, 3.63) is 51.6 Å². The lowest BCUT2D eigenvalue weighted by Gasteiger charge is -2.44. The van der Waals surface area contributed by atoms with Crippen LogP contribution in [0, 0.1) is 27.7 Å². The van der Waals surface area contributed by atoms with Gasteiger partial charge < -0.3 is 0 Å². The van der Waals surface area contributed by atoms with Crippen LogP contribution in [0.25, 0.3) is 11.1 Å². The van der Waals surface area contributed by atoms with Gasteiger partial charge in [0.05, 0.1) is 0 Å². The smallest absolute Gasteiger partial charge is 0.00689 e. The molecule has 0 amide bonds. The molecule has 0 saturated heterocycles. The van der Waals surface area contributed by atoms with Gasteiger partial charge in [-0.25, -0.2) is 0 Å². The van der Waals surface area contributed by atoms with E-state index >= 15 is 0 Å². The number of benzene rings is 2. The van der Waals surface area contributed by atoms with Crippen molar-refractivity contribution in [3.8, 4) is 11.1 Å². The lowest BCUT2D eigenvalue weighted by atomic mass is 9.84.